The number of methoxy groups -OCH3 is 3. The van der Waals surface area contributed by atoms with Crippen LogP contribution in [0.1, 0.15) is 23.2 Å². The second-order valence-electron chi connectivity index (χ2n) is 6.06. The molecule has 1 amide bonds. The van der Waals surface area contributed by atoms with E-state index in [-0.39, 0.29) is 5.91 Å². The Morgan fingerprint density at radius 1 is 1.09 bits per heavy atom. The zero-order valence-electron chi connectivity index (χ0n) is 13.9. The number of hydrogen-bond donors (Lipinski definition) is 1. The SMILES string of the molecule is COc1cc(OC)c(C(=O)N2CCC3NCCC3C2)cc1OC. The van der Waals surface area contributed by atoms with Crippen LogP contribution in [0, 0.1) is 5.92 Å². The van der Waals surface area contributed by atoms with Crippen LogP contribution in [0.25, 0.3) is 0 Å². The molecule has 2 aliphatic heterocycles. The minimum absolute atomic E-state index is 0.00634. The molecule has 1 aromatic carbocycles. The summed E-state index contributed by atoms with van der Waals surface area (Å²) in [6, 6.07) is 3.97. The molecule has 2 atom stereocenters. The van der Waals surface area contributed by atoms with E-state index < -0.39 is 0 Å². The van der Waals surface area contributed by atoms with Crippen molar-refractivity contribution in [2.24, 2.45) is 5.92 Å². The maximum Gasteiger partial charge on any atom is 0.257 e. The minimum atomic E-state index is -0.00634. The molecule has 0 saturated carbocycles. The van der Waals surface area contributed by atoms with E-state index in [1.165, 1.54) is 0 Å². The van der Waals surface area contributed by atoms with Crippen LogP contribution in [0.4, 0.5) is 0 Å². The monoisotopic (exact) mass is 320 g/mol. The third-order valence-electron chi connectivity index (χ3n) is 4.88. The number of piperidine rings is 1. The maximum absolute atomic E-state index is 13.0. The van der Waals surface area contributed by atoms with Crippen LogP contribution in [0.2, 0.25) is 0 Å². The first kappa shape index (κ1) is 15.9. The summed E-state index contributed by atoms with van der Waals surface area (Å²) in [5.74, 6) is 2.15. The van der Waals surface area contributed by atoms with Crippen LogP contribution in [0.5, 0.6) is 17.2 Å². The first-order chi connectivity index (χ1) is 11.2. The number of likely N-dealkylation sites (tertiary alicyclic amines) is 1. The van der Waals surface area contributed by atoms with E-state index in [0.29, 0.717) is 34.8 Å². The van der Waals surface area contributed by atoms with Gasteiger partial charge in [-0.1, -0.05) is 0 Å². The molecule has 2 aliphatic rings. The fourth-order valence-electron chi connectivity index (χ4n) is 3.60. The van der Waals surface area contributed by atoms with Crippen LogP contribution >= 0.6 is 0 Å². The standard InChI is InChI=1S/C17H24N2O4/c1-21-14-9-16(23-3)15(22-2)8-12(14)17(20)19-7-5-13-11(10-19)4-6-18-13/h8-9,11,13,18H,4-7,10H2,1-3H3. The highest BCUT2D eigenvalue weighted by atomic mass is 16.5. The van der Waals surface area contributed by atoms with E-state index in [1.54, 1.807) is 33.5 Å². The number of fused-ring (bicyclic) bond motifs is 1. The van der Waals surface area contributed by atoms with Gasteiger partial charge in [0.15, 0.2) is 11.5 Å². The van der Waals surface area contributed by atoms with E-state index in [9.17, 15) is 4.79 Å². The Hall–Kier alpha value is -1.95. The number of hydrogen-bond acceptors (Lipinski definition) is 5. The predicted octanol–water partition coefficient (Wildman–Crippen LogP) is 1.54. The summed E-state index contributed by atoms with van der Waals surface area (Å²) >= 11 is 0. The van der Waals surface area contributed by atoms with Gasteiger partial charge in [-0.25, -0.2) is 0 Å². The topological polar surface area (TPSA) is 60.0 Å². The molecule has 2 fully saturated rings. The van der Waals surface area contributed by atoms with E-state index >= 15 is 0 Å². The number of nitrogens with one attached hydrogen (secondary N) is 1. The van der Waals surface area contributed by atoms with Crippen molar-refractivity contribution in [2.45, 2.75) is 18.9 Å². The molecule has 0 aliphatic carbocycles. The quantitative estimate of drug-likeness (QED) is 0.912. The van der Waals surface area contributed by atoms with Gasteiger partial charge in [0.1, 0.15) is 5.75 Å². The summed E-state index contributed by atoms with van der Waals surface area (Å²) in [6.07, 6.45) is 2.14. The van der Waals surface area contributed by atoms with Gasteiger partial charge in [0.2, 0.25) is 0 Å². The normalized spacial score (nSPS) is 23.3. The summed E-state index contributed by atoms with van der Waals surface area (Å²) < 4.78 is 16.0. The second kappa shape index (κ2) is 6.66. The molecule has 2 unspecified atom stereocenters. The van der Waals surface area contributed by atoms with Gasteiger partial charge < -0.3 is 24.4 Å². The smallest absolute Gasteiger partial charge is 0.257 e. The Labute approximate surface area is 136 Å². The van der Waals surface area contributed by atoms with Crippen molar-refractivity contribution in [3.8, 4) is 17.2 Å². The molecule has 23 heavy (non-hydrogen) atoms. The van der Waals surface area contributed by atoms with Crippen LogP contribution < -0.4 is 19.5 Å². The summed E-state index contributed by atoms with van der Waals surface area (Å²) in [4.78, 5) is 14.9. The number of carbonyl (C=O) groups excluding carboxylic acids is 1. The third kappa shape index (κ3) is 2.95. The Kier molecular flexibility index (Phi) is 4.61. The van der Waals surface area contributed by atoms with E-state index in [0.717, 1.165) is 32.5 Å². The summed E-state index contributed by atoms with van der Waals surface area (Å²) in [5, 5.41) is 3.51. The van der Waals surface area contributed by atoms with Crippen LogP contribution in [0.15, 0.2) is 12.1 Å². The fourth-order valence-corrected chi connectivity index (χ4v) is 3.60. The Bertz CT molecular complexity index is 590. The van der Waals surface area contributed by atoms with Crippen molar-refractivity contribution in [1.82, 2.24) is 10.2 Å². The van der Waals surface area contributed by atoms with Gasteiger partial charge in [-0.2, -0.15) is 0 Å². The maximum atomic E-state index is 13.0. The lowest BCUT2D eigenvalue weighted by Crippen LogP contribution is -2.46. The van der Waals surface area contributed by atoms with Gasteiger partial charge in [0.05, 0.1) is 26.9 Å². The average Bonchev–Trinajstić information content (AvgIpc) is 3.07. The lowest BCUT2D eigenvalue weighted by atomic mass is 9.93. The molecule has 126 valence electrons. The Morgan fingerprint density at radius 3 is 2.48 bits per heavy atom. The van der Waals surface area contributed by atoms with E-state index in [1.807, 2.05) is 4.90 Å². The highest BCUT2D eigenvalue weighted by molar-refractivity contribution is 5.98. The van der Waals surface area contributed by atoms with Gasteiger partial charge in [-0.15, -0.1) is 0 Å². The summed E-state index contributed by atoms with van der Waals surface area (Å²) in [7, 11) is 4.69. The fraction of sp³-hybridized carbons (Fsp3) is 0.588. The highest BCUT2D eigenvalue weighted by Gasteiger charge is 2.35. The van der Waals surface area contributed by atoms with Crippen molar-refractivity contribution in [3.05, 3.63) is 17.7 Å². The number of rotatable bonds is 4. The van der Waals surface area contributed by atoms with Gasteiger partial charge in [0, 0.05) is 31.3 Å². The molecule has 0 spiro atoms. The Morgan fingerprint density at radius 2 is 1.78 bits per heavy atom. The van der Waals surface area contributed by atoms with Crippen LogP contribution in [-0.2, 0) is 0 Å². The molecular weight excluding hydrogens is 296 g/mol. The van der Waals surface area contributed by atoms with Gasteiger partial charge in [-0.05, 0) is 25.3 Å². The lowest BCUT2D eigenvalue weighted by Gasteiger charge is -2.35. The van der Waals surface area contributed by atoms with Crippen molar-refractivity contribution in [3.63, 3.8) is 0 Å². The predicted molar refractivity (Wildman–Crippen MR) is 86.5 cm³/mol. The largest absolute Gasteiger partial charge is 0.496 e. The van der Waals surface area contributed by atoms with Gasteiger partial charge in [-0.3, -0.25) is 4.79 Å². The molecule has 6 nitrogen and oxygen atoms in total. The molecule has 3 rings (SSSR count). The van der Waals surface area contributed by atoms with Crippen LogP contribution in [-0.4, -0.2) is 57.8 Å². The van der Waals surface area contributed by atoms with Crippen LogP contribution in [0.3, 0.4) is 0 Å². The first-order valence-electron chi connectivity index (χ1n) is 8.00. The molecular formula is C17H24N2O4. The molecule has 0 radical (unpaired) electrons. The van der Waals surface area contributed by atoms with Crippen molar-refractivity contribution in [2.75, 3.05) is 41.0 Å². The number of ether oxygens (including phenoxy) is 3. The van der Waals surface area contributed by atoms with Crippen molar-refractivity contribution < 1.29 is 19.0 Å². The summed E-state index contributed by atoms with van der Waals surface area (Å²) in [6.45, 7) is 2.62. The van der Waals surface area contributed by atoms with Gasteiger partial charge in [0.25, 0.3) is 5.91 Å². The number of carbonyl (C=O) groups is 1. The van der Waals surface area contributed by atoms with Crippen molar-refractivity contribution >= 4 is 5.91 Å². The average molecular weight is 320 g/mol. The minimum Gasteiger partial charge on any atom is -0.496 e. The number of benzene rings is 1. The molecule has 0 bridgehead atoms. The summed E-state index contributed by atoms with van der Waals surface area (Å²) in [5.41, 5.74) is 0.523. The van der Waals surface area contributed by atoms with E-state index in [2.05, 4.69) is 5.32 Å². The lowest BCUT2D eigenvalue weighted by molar-refractivity contribution is 0.0658. The highest BCUT2D eigenvalue weighted by Crippen LogP contribution is 2.36. The molecule has 1 N–H and O–H groups in total. The third-order valence-corrected chi connectivity index (χ3v) is 4.88. The Balaban J connectivity index is 1.86. The first-order valence-corrected chi connectivity index (χ1v) is 8.00. The number of amides is 1. The van der Waals surface area contributed by atoms with Crippen molar-refractivity contribution in [1.29, 1.82) is 0 Å². The zero-order chi connectivity index (χ0) is 16.4. The second-order valence-corrected chi connectivity index (χ2v) is 6.06. The molecule has 1 aromatic rings. The molecule has 6 heteroatoms. The molecule has 0 aromatic heterocycles. The van der Waals surface area contributed by atoms with Gasteiger partial charge >= 0.3 is 0 Å². The molecule has 2 heterocycles. The molecule has 2 saturated heterocycles. The zero-order valence-corrected chi connectivity index (χ0v) is 13.9. The number of nitrogens with zero attached hydrogens (tertiary/aromatic N) is 1. The van der Waals surface area contributed by atoms with E-state index in [4.69, 9.17) is 14.2 Å².